The predicted octanol–water partition coefficient (Wildman–Crippen LogP) is 2.78. The third kappa shape index (κ3) is 2.53. The highest BCUT2D eigenvalue weighted by atomic mass is 16.5. The first-order chi connectivity index (χ1) is 8.61. The molecule has 1 aliphatic heterocycles. The normalized spacial score (nSPS) is 17.7. The van der Waals surface area contributed by atoms with Crippen LogP contribution in [-0.4, -0.2) is 17.8 Å². The summed E-state index contributed by atoms with van der Waals surface area (Å²) < 4.78 is 5.66. The van der Waals surface area contributed by atoms with E-state index < -0.39 is 6.10 Å². The number of ether oxygens (including phenoxy) is 1. The molecule has 2 rings (SSSR count). The average molecular weight is 247 g/mol. The Kier molecular flexibility index (Phi) is 3.65. The summed E-state index contributed by atoms with van der Waals surface area (Å²) >= 11 is 0. The molecule has 1 atom stereocenters. The summed E-state index contributed by atoms with van der Waals surface area (Å²) in [7, 11) is 0. The van der Waals surface area contributed by atoms with E-state index in [0.29, 0.717) is 17.0 Å². The van der Waals surface area contributed by atoms with Crippen LogP contribution in [0.4, 0.5) is 5.69 Å². The van der Waals surface area contributed by atoms with E-state index in [0.717, 1.165) is 19.3 Å². The second kappa shape index (κ2) is 5.21. The summed E-state index contributed by atoms with van der Waals surface area (Å²) in [5, 5.41) is 2.80. The third-order valence-corrected chi connectivity index (χ3v) is 3.03. The predicted molar refractivity (Wildman–Crippen MR) is 69.0 cm³/mol. The first-order valence-electron chi connectivity index (χ1n) is 6.24. The van der Waals surface area contributed by atoms with E-state index in [2.05, 4.69) is 12.2 Å². The van der Waals surface area contributed by atoms with Crippen LogP contribution in [-0.2, 0) is 4.79 Å². The lowest BCUT2D eigenvalue weighted by molar-refractivity contribution is -0.123. The molecule has 1 aromatic rings. The summed E-state index contributed by atoms with van der Waals surface area (Å²) in [6.45, 7) is 3.57. The lowest BCUT2D eigenvalue weighted by Gasteiger charge is -2.26. The molecule has 1 N–H and O–H groups in total. The molecule has 1 aliphatic rings. The van der Waals surface area contributed by atoms with Crippen molar-refractivity contribution in [1.82, 2.24) is 0 Å². The van der Waals surface area contributed by atoms with Gasteiger partial charge in [-0.1, -0.05) is 13.3 Å². The van der Waals surface area contributed by atoms with Gasteiger partial charge in [-0.3, -0.25) is 9.59 Å². The van der Waals surface area contributed by atoms with Gasteiger partial charge in [0.15, 0.2) is 11.9 Å². The van der Waals surface area contributed by atoms with Crippen molar-refractivity contribution in [1.29, 1.82) is 0 Å². The molecule has 18 heavy (non-hydrogen) atoms. The van der Waals surface area contributed by atoms with Crippen LogP contribution < -0.4 is 10.1 Å². The molecule has 1 amide bonds. The molecule has 0 spiro atoms. The zero-order valence-corrected chi connectivity index (χ0v) is 10.7. The Morgan fingerprint density at radius 1 is 1.44 bits per heavy atom. The lowest BCUT2D eigenvalue weighted by Crippen LogP contribution is -2.36. The number of nitrogens with one attached hydrogen (secondary N) is 1. The highest BCUT2D eigenvalue weighted by Crippen LogP contribution is 2.31. The van der Waals surface area contributed by atoms with Crippen LogP contribution in [0, 0.1) is 0 Å². The van der Waals surface area contributed by atoms with Crippen LogP contribution in [0.2, 0.25) is 0 Å². The molecule has 1 aromatic carbocycles. The molecule has 0 bridgehead atoms. The second-order valence-corrected chi connectivity index (χ2v) is 4.51. The maximum absolute atomic E-state index is 11.8. The second-order valence-electron chi connectivity index (χ2n) is 4.51. The molecule has 4 nitrogen and oxygen atoms in total. The van der Waals surface area contributed by atoms with E-state index >= 15 is 0 Å². The Morgan fingerprint density at radius 2 is 2.22 bits per heavy atom. The maximum Gasteiger partial charge on any atom is 0.265 e. The van der Waals surface area contributed by atoms with Crippen molar-refractivity contribution >= 4 is 17.4 Å². The van der Waals surface area contributed by atoms with E-state index in [1.54, 1.807) is 18.2 Å². The minimum atomic E-state index is -0.416. The Labute approximate surface area is 106 Å². The largest absolute Gasteiger partial charge is 0.478 e. The molecule has 0 radical (unpaired) electrons. The molecule has 0 saturated carbocycles. The smallest absolute Gasteiger partial charge is 0.265 e. The van der Waals surface area contributed by atoms with Gasteiger partial charge in [-0.2, -0.15) is 0 Å². The average Bonchev–Trinajstić information content (AvgIpc) is 2.35. The van der Waals surface area contributed by atoms with Gasteiger partial charge in [-0.05, 0) is 38.0 Å². The topological polar surface area (TPSA) is 55.4 Å². The van der Waals surface area contributed by atoms with Crippen LogP contribution in [0.25, 0.3) is 0 Å². The van der Waals surface area contributed by atoms with Gasteiger partial charge in [0.25, 0.3) is 5.91 Å². The molecule has 0 saturated heterocycles. The van der Waals surface area contributed by atoms with Gasteiger partial charge >= 0.3 is 0 Å². The van der Waals surface area contributed by atoms with E-state index in [-0.39, 0.29) is 11.7 Å². The van der Waals surface area contributed by atoms with Crippen molar-refractivity contribution in [3.05, 3.63) is 23.8 Å². The molecule has 0 aliphatic carbocycles. The maximum atomic E-state index is 11.8. The molecule has 0 fully saturated rings. The molecule has 1 heterocycles. The van der Waals surface area contributed by atoms with Crippen LogP contribution in [0.15, 0.2) is 18.2 Å². The van der Waals surface area contributed by atoms with Crippen LogP contribution in [0.3, 0.4) is 0 Å². The number of unbranched alkanes of at least 4 members (excludes halogenated alkanes) is 1. The number of hydrogen-bond acceptors (Lipinski definition) is 3. The lowest BCUT2D eigenvalue weighted by atomic mass is 10.1. The standard InChI is InChI=1S/C14H17NO3/c1-3-4-5-13-14(17)15-11-8-10(9(2)16)6-7-12(11)18-13/h6-8,13H,3-5H2,1-2H3,(H,15,17). The molecule has 96 valence electrons. The first-order valence-corrected chi connectivity index (χ1v) is 6.24. The third-order valence-electron chi connectivity index (χ3n) is 3.03. The number of hydrogen-bond donors (Lipinski definition) is 1. The van der Waals surface area contributed by atoms with Crippen molar-refractivity contribution in [3.8, 4) is 5.75 Å². The summed E-state index contributed by atoms with van der Waals surface area (Å²) in [5.74, 6) is 0.484. The van der Waals surface area contributed by atoms with E-state index in [9.17, 15) is 9.59 Å². The minimum Gasteiger partial charge on any atom is -0.478 e. The quantitative estimate of drug-likeness (QED) is 0.832. The van der Waals surface area contributed by atoms with Crippen molar-refractivity contribution in [2.24, 2.45) is 0 Å². The van der Waals surface area contributed by atoms with Gasteiger partial charge in [0, 0.05) is 5.56 Å². The van der Waals surface area contributed by atoms with Gasteiger partial charge < -0.3 is 10.1 Å². The number of Topliss-reactive ketones (excluding diaryl/α,β-unsaturated/α-hetero) is 1. The number of rotatable bonds is 4. The van der Waals surface area contributed by atoms with Crippen molar-refractivity contribution < 1.29 is 14.3 Å². The molecule has 0 aromatic heterocycles. The number of amides is 1. The Bertz CT molecular complexity index is 482. The van der Waals surface area contributed by atoms with Gasteiger partial charge in [-0.25, -0.2) is 0 Å². The highest BCUT2D eigenvalue weighted by Gasteiger charge is 2.27. The monoisotopic (exact) mass is 247 g/mol. The Hall–Kier alpha value is -1.84. The summed E-state index contributed by atoms with van der Waals surface area (Å²) in [4.78, 5) is 23.1. The first kappa shape index (κ1) is 12.6. The van der Waals surface area contributed by atoms with Gasteiger partial charge in [-0.15, -0.1) is 0 Å². The van der Waals surface area contributed by atoms with E-state index in [4.69, 9.17) is 4.74 Å². The molecular weight excluding hydrogens is 230 g/mol. The van der Waals surface area contributed by atoms with Gasteiger partial charge in [0.2, 0.25) is 0 Å². The van der Waals surface area contributed by atoms with Crippen LogP contribution in [0.1, 0.15) is 43.5 Å². The zero-order chi connectivity index (χ0) is 13.1. The van der Waals surface area contributed by atoms with Crippen molar-refractivity contribution in [2.45, 2.75) is 39.2 Å². The Balaban J connectivity index is 2.20. The highest BCUT2D eigenvalue weighted by molar-refractivity contribution is 6.01. The van der Waals surface area contributed by atoms with Gasteiger partial charge in [0.05, 0.1) is 5.69 Å². The number of carbonyl (C=O) groups excluding carboxylic acids is 2. The molecule has 1 unspecified atom stereocenters. The SMILES string of the molecule is CCCCC1Oc2ccc(C(C)=O)cc2NC1=O. The number of carbonyl (C=O) groups is 2. The summed E-state index contributed by atoms with van der Waals surface area (Å²) in [6.07, 6.45) is 2.29. The molecular formula is C14H17NO3. The zero-order valence-electron chi connectivity index (χ0n) is 10.7. The minimum absolute atomic E-state index is 0.0276. The number of fused-ring (bicyclic) bond motifs is 1. The molecule has 4 heteroatoms. The van der Waals surface area contributed by atoms with Crippen molar-refractivity contribution in [2.75, 3.05) is 5.32 Å². The van der Waals surface area contributed by atoms with Gasteiger partial charge in [0.1, 0.15) is 5.75 Å². The number of anilines is 1. The Morgan fingerprint density at radius 3 is 2.89 bits per heavy atom. The van der Waals surface area contributed by atoms with E-state index in [1.807, 2.05) is 0 Å². The fourth-order valence-electron chi connectivity index (χ4n) is 1.95. The van der Waals surface area contributed by atoms with Crippen molar-refractivity contribution in [3.63, 3.8) is 0 Å². The fraction of sp³-hybridized carbons (Fsp3) is 0.429. The summed E-state index contributed by atoms with van der Waals surface area (Å²) in [5.41, 5.74) is 1.16. The van der Waals surface area contributed by atoms with Crippen LogP contribution >= 0.6 is 0 Å². The number of benzene rings is 1. The van der Waals surface area contributed by atoms with Crippen LogP contribution in [0.5, 0.6) is 5.75 Å². The number of ketones is 1. The fourth-order valence-corrected chi connectivity index (χ4v) is 1.95. The summed E-state index contributed by atoms with van der Waals surface area (Å²) in [6, 6.07) is 5.12. The van der Waals surface area contributed by atoms with E-state index in [1.165, 1.54) is 6.92 Å².